The van der Waals surface area contributed by atoms with Crippen molar-refractivity contribution in [2.45, 2.75) is 13.0 Å². The van der Waals surface area contributed by atoms with Crippen molar-refractivity contribution >= 4 is 21.8 Å². The molecule has 0 aliphatic carbocycles. The van der Waals surface area contributed by atoms with E-state index in [1.807, 2.05) is 6.92 Å². The Morgan fingerprint density at radius 1 is 1.59 bits per heavy atom. The van der Waals surface area contributed by atoms with Crippen molar-refractivity contribution in [1.82, 2.24) is 10.2 Å². The summed E-state index contributed by atoms with van der Waals surface area (Å²) in [5.74, 6) is -0.707. The lowest BCUT2D eigenvalue weighted by Crippen LogP contribution is -2.52. The van der Waals surface area contributed by atoms with Gasteiger partial charge in [-0.15, -0.1) is 0 Å². The highest BCUT2D eigenvalue weighted by atomic mass is 79.9. The highest BCUT2D eigenvalue weighted by Gasteiger charge is 2.25. The molecule has 2 rings (SSSR count). The summed E-state index contributed by atoms with van der Waals surface area (Å²) in [5.41, 5.74) is 0.133. The van der Waals surface area contributed by atoms with Gasteiger partial charge in [-0.1, -0.05) is 15.9 Å². The maximum absolute atomic E-state index is 13.6. The molecule has 17 heavy (non-hydrogen) atoms. The Labute approximate surface area is 108 Å². The molecule has 1 amide bonds. The normalized spacial score (nSPS) is 20.4. The summed E-state index contributed by atoms with van der Waals surface area (Å²) in [4.78, 5) is 13.9. The first kappa shape index (κ1) is 12.5. The van der Waals surface area contributed by atoms with Crippen LogP contribution in [0.15, 0.2) is 22.7 Å². The first-order chi connectivity index (χ1) is 8.09. The number of hydrogen-bond acceptors (Lipinski definition) is 2. The lowest BCUT2D eigenvalue weighted by Gasteiger charge is -2.34. The average Bonchev–Trinajstić information content (AvgIpc) is 2.32. The number of carbonyl (C=O) groups is 1. The summed E-state index contributed by atoms with van der Waals surface area (Å²) in [6.45, 7) is 4.08. The maximum Gasteiger partial charge on any atom is 0.257 e. The number of rotatable bonds is 1. The molecule has 92 valence electrons. The van der Waals surface area contributed by atoms with Gasteiger partial charge in [-0.05, 0) is 25.1 Å². The summed E-state index contributed by atoms with van der Waals surface area (Å²) in [6, 6.07) is 4.53. The standard InChI is InChI=1S/C12H14BrFN2O/c1-8-7-15-4-5-16(8)12(17)10-6-9(13)2-3-11(10)14/h2-3,6,8,15H,4-5,7H2,1H3. The monoisotopic (exact) mass is 300 g/mol. The Balaban J connectivity index is 2.26. The Morgan fingerprint density at radius 3 is 3.06 bits per heavy atom. The lowest BCUT2D eigenvalue weighted by atomic mass is 10.1. The highest BCUT2D eigenvalue weighted by molar-refractivity contribution is 9.10. The molecule has 1 unspecified atom stereocenters. The van der Waals surface area contributed by atoms with Crippen LogP contribution in [0.25, 0.3) is 0 Å². The molecule has 5 heteroatoms. The molecule has 0 bridgehead atoms. The van der Waals surface area contributed by atoms with Crippen LogP contribution in [0.4, 0.5) is 4.39 Å². The first-order valence-electron chi connectivity index (χ1n) is 5.56. The lowest BCUT2D eigenvalue weighted by molar-refractivity contribution is 0.0651. The van der Waals surface area contributed by atoms with Gasteiger partial charge in [0.1, 0.15) is 5.82 Å². The summed E-state index contributed by atoms with van der Waals surface area (Å²) in [6.07, 6.45) is 0. The van der Waals surface area contributed by atoms with Crippen molar-refractivity contribution in [3.8, 4) is 0 Å². The number of nitrogens with one attached hydrogen (secondary N) is 1. The van der Waals surface area contributed by atoms with Crippen LogP contribution < -0.4 is 5.32 Å². The SMILES string of the molecule is CC1CNCCN1C(=O)c1cc(Br)ccc1F. The fourth-order valence-electron chi connectivity index (χ4n) is 1.96. The molecule has 1 aromatic carbocycles. The molecule has 0 saturated carbocycles. The molecule has 0 aromatic heterocycles. The number of carbonyl (C=O) groups excluding carboxylic acids is 1. The third-order valence-corrected chi connectivity index (χ3v) is 3.41. The van der Waals surface area contributed by atoms with Crippen molar-refractivity contribution in [3.63, 3.8) is 0 Å². The predicted octanol–water partition coefficient (Wildman–Crippen LogP) is 2.02. The second kappa shape index (κ2) is 5.14. The molecule has 3 nitrogen and oxygen atoms in total. The van der Waals surface area contributed by atoms with E-state index in [-0.39, 0.29) is 17.5 Å². The van der Waals surface area contributed by atoms with Crippen LogP contribution >= 0.6 is 15.9 Å². The zero-order chi connectivity index (χ0) is 12.4. The Morgan fingerprint density at radius 2 is 2.35 bits per heavy atom. The molecule has 1 aliphatic rings. The zero-order valence-electron chi connectivity index (χ0n) is 9.54. The minimum absolute atomic E-state index is 0.0923. The van der Waals surface area contributed by atoms with Gasteiger partial charge in [0.05, 0.1) is 5.56 Å². The summed E-state index contributed by atoms with van der Waals surface area (Å²) in [7, 11) is 0. The minimum Gasteiger partial charge on any atom is -0.333 e. The van der Waals surface area contributed by atoms with Crippen molar-refractivity contribution in [3.05, 3.63) is 34.1 Å². The van der Waals surface area contributed by atoms with Gasteiger partial charge in [-0.3, -0.25) is 4.79 Å². The maximum atomic E-state index is 13.6. The third kappa shape index (κ3) is 2.66. The number of hydrogen-bond donors (Lipinski definition) is 1. The first-order valence-corrected chi connectivity index (χ1v) is 6.35. The quantitative estimate of drug-likeness (QED) is 0.861. The molecule has 0 spiro atoms. The van der Waals surface area contributed by atoms with Crippen LogP contribution in [-0.4, -0.2) is 36.5 Å². The van der Waals surface area contributed by atoms with Gasteiger partial charge >= 0.3 is 0 Å². The number of nitrogens with zero attached hydrogens (tertiary/aromatic N) is 1. The molecule has 1 fully saturated rings. The molecule has 0 radical (unpaired) electrons. The molecule has 1 atom stereocenters. The molecule has 1 saturated heterocycles. The summed E-state index contributed by atoms with van der Waals surface area (Å²) < 4.78 is 14.3. The fourth-order valence-corrected chi connectivity index (χ4v) is 2.32. The van der Waals surface area contributed by atoms with E-state index < -0.39 is 5.82 Å². The largest absolute Gasteiger partial charge is 0.333 e. The average molecular weight is 301 g/mol. The molecular formula is C12H14BrFN2O. The van der Waals surface area contributed by atoms with Gasteiger partial charge in [0, 0.05) is 30.1 Å². The van der Waals surface area contributed by atoms with Gasteiger partial charge in [0.15, 0.2) is 0 Å². The van der Waals surface area contributed by atoms with Crippen molar-refractivity contribution < 1.29 is 9.18 Å². The van der Waals surface area contributed by atoms with E-state index in [1.165, 1.54) is 12.1 Å². The number of piperazine rings is 1. The van der Waals surface area contributed by atoms with Crippen molar-refractivity contribution in [2.75, 3.05) is 19.6 Å². The van der Waals surface area contributed by atoms with E-state index >= 15 is 0 Å². The van der Waals surface area contributed by atoms with E-state index in [0.29, 0.717) is 11.0 Å². The second-order valence-corrected chi connectivity index (χ2v) is 5.09. The molecule has 1 heterocycles. The highest BCUT2D eigenvalue weighted by Crippen LogP contribution is 2.18. The summed E-state index contributed by atoms with van der Waals surface area (Å²) in [5, 5.41) is 3.20. The van der Waals surface area contributed by atoms with E-state index in [2.05, 4.69) is 21.2 Å². The molecular weight excluding hydrogens is 287 g/mol. The minimum atomic E-state index is -0.469. The van der Waals surface area contributed by atoms with Gasteiger partial charge < -0.3 is 10.2 Å². The topological polar surface area (TPSA) is 32.3 Å². The van der Waals surface area contributed by atoms with Gasteiger partial charge in [-0.2, -0.15) is 0 Å². The summed E-state index contributed by atoms with van der Waals surface area (Å²) >= 11 is 3.25. The van der Waals surface area contributed by atoms with Gasteiger partial charge in [0.25, 0.3) is 5.91 Å². The smallest absolute Gasteiger partial charge is 0.257 e. The number of amides is 1. The van der Waals surface area contributed by atoms with Crippen LogP contribution in [0.3, 0.4) is 0 Å². The van der Waals surface area contributed by atoms with E-state index in [4.69, 9.17) is 0 Å². The molecule has 1 aliphatic heterocycles. The predicted molar refractivity (Wildman–Crippen MR) is 67.5 cm³/mol. The van der Waals surface area contributed by atoms with E-state index in [0.717, 1.165) is 13.1 Å². The Kier molecular flexibility index (Phi) is 3.79. The molecule has 1 aromatic rings. The number of halogens is 2. The van der Waals surface area contributed by atoms with E-state index in [9.17, 15) is 9.18 Å². The van der Waals surface area contributed by atoms with Crippen LogP contribution in [-0.2, 0) is 0 Å². The van der Waals surface area contributed by atoms with E-state index in [1.54, 1.807) is 11.0 Å². The van der Waals surface area contributed by atoms with Gasteiger partial charge in [0.2, 0.25) is 0 Å². The van der Waals surface area contributed by atoms with Crippen LogP contribution in [0.5, 0.6) is 0 Å². The fraction of sp³-hybridized carbons (Fsp3) is 0.417. The second-order valence-electron chi connectivity index (χ2n) is 4.18. The Bertz CT molecular complexity index is 439. The van der Waals surface area contributed by atoms with Gasteiger partial charge in [-0.25, -0.2) is 4.39 Å². The van der Waals surface area contributed by atoms with Crippen LogP contribution in [0, 0.1) is 5.82 Å². The van der Waals surface area contributed by atoms with Crippen LogP contribution in [0.2, 0.25) is 0 Å². The van der Waals surface area contributed by atoms with Crippen molar-refractivity contribution in [2.24, 2.45) is 0 Å². The Hall–Kier alpha value is -0.940. The third-order valence-electron chi connectivity index (χ3n) is 2.92. The number of benzene rings is 1. The zero-order valence-corrected chi connectivity index (χ0v) is 11.1. The van der Waals surface area contributed by atoms with Crippen LogP contribution in [0.1, 0.15) is 17.3 Å². The molecule has 1 N–H and O–H groups in total. The van der Waals surface area contributed by atoms with Crippen molar-refractivity contribution in [1.29, 1.82) is 0 Å².